The van der Waals surface area contributed by atoms with Crippen LogP contribution in [0.4, 0.5) is 4.79 Å². The first kappa shape index (κ1) is 18.6. The molecule has 0 bridgehead atoms. The van der Waals surface area contributed by atoms with Crippen LogP contribution >= 0.6 is 11.3 Å². The molecule has 0 radical (unpaired) electrons. The Morgan fingerprint density at radius 2 is 1.97 bits per heavy atom. The molecule has 1 N–H and O–H groups in total. The zero-order valence-corrected chi connectivity index (χ0v) is 17.4. The van der Waals surface area contributed by atoms with Gasteiger partial charge in [0.25, 0.3) is 0 Å². The Morgan fingerprint density at radius 3 is 2.73 bits per heavy atom. The highest BCUT2D eigenvalue weighted by Gasteiger charge is 2.26. The van der Waals surface area contributed by atoms with E-state index in [2.05, 4.69) is 5.32 Å². The van der Waals surface area contributed by atoms with Crippen molar-refractivity contribution in [3.8, 4) is 17.1 Å². The second-order valence-electron chi connectivity index (χ2n) is 7.15. The smallest absolute Gasteiger partial charge is 0.318 e. The highest BCUT2D eigenvalue weighted by molar-refractivity contribution is 7.17. The minimum Gasteiger partial charge on any atom is -0.497 e. The Balaban J connectivity index is 1.30. The molecule has 0 aliphatic carbocycles. The monoisotopic (exact) mass is 419 g/mol. The molecule has 8 heteroatoms. The second kappa shape index (κ2) is 7.79. The van der Waals surface area contributed by atoms with E-state index >= 15 is 0 Å². The molecule has 0 saturated heterocycles. The van der Waals surface area contributed by atoms with Crippen molar-refractivity contribution in [3.63, 3.8) is 0 Å². The molecule has 1 aliphatic heterocycles. The molecule has 4 aromatic rings. The van der Waals surface area contributed by atoms with Gasteiger partial charge in [-0.3, -0.25) is 0 Å². The third-order valence-electron chi connectivity index (χ3n) is 5.24. The SMILES string of the molecule is COc1ccc(-c2nc3sc4c(n3n2)CCN(C(=O)NCc2ccccc2)C4)cc1. The zero-order valence-electron chi connectivity index (χ0n) is 16.5. The van der Waals surface area contributed by atoms with Gasteiger partial charge in [-0.2, -0.15) is 4.98 Å². The van der Waals surface area contributed by atoms with Crippen LogP contribution in [0.25, 0.3) is 16.3 Å². The highest BCUT2D eigenvalue weighted by atomic mass is 32.1. The molecule has 7 nitrogen and oxygen atoms in total. The summed E-state index contributed by atoms with van der Waals surface area (Å²) in [7, 11) is 1.65. The molecule has 0 fully saturated rings. The van der Waals surface area contributed by atoms with E-state index in [1.54, 1.807) is 18.4 Å². The number of nitrogens with one attached hydrogen (secondary N) is 1. The molecule has 0 atom stereocenters. The minimum atomic E-state index is -0.0394. The molecular weight excluding hydrogens is 398 g/mol. The number of carbonyl (C=O) groups is 1. The molecular formula is C22H21N5O2S. The number of benzene rings is 2. The van der Waals surface area contributed by atoms with E-state index in [-0.39, 0.29) is 6.03 Å². The summed E-state index contributed by atoms with van der Waals surface area (Å²) in [6, 6.07) is 17.6. The molecule has 0 unspecified atom stereocenters. The first-order chi connectivity index (χ1) is 14.7. The summed E-state index contributed by atoms with van der Waals surface area (Å²) in [6.45, 7) is 1.78. The standard InChI is InChI=1S/C22H21N5O2S/c1-29-17-9-7-16(8-10-17)20-24-22-27(25-20)18-11-12-26(14-19(18)30-22)21(28)23-13-15-5-3-2-4-6-15/h2-10H,11-14H2,1H3,(H,23,28). The molecule has 0 spiro atoms. The first-order valence-electron chi connectivity index (χ1n) is 9.80. The van der Waals surface area contributed by atoms with Crippen LogP contribution < -0.4 is 10.1 Å². The molecule has 30 heavy (non-hydrogen) atoms. The van der Waals surface area contributed by atoms with Crippen molar-refractivity contribution in [2.75, 3.05) is 13.7 Å². The van der Waals surface area contributed by atoms with E-state index in [9.17, 15) is 4.79 Å². The number of hydrogen-bond acceptors (Lipinski definition) is 5. The van der Waals surface area contributed by atoms with Crippen LogP contribution in [-0.2, 0) is 19.5 Å². The molecule has 2 amide bonds. The van der Waals surface area contributed by atoms with Crippen molar-refractivity contribution >= 4 is 22.3 Å². The van der Waals surface area contributed by atoms with Gasteiger partial charge >= 0.3 is 6.03 Å². The van der Waals surface area contributed by atoms with Crippen molar-refractivity contribution in [3.05, 3.63) is 70.7 Å². The summed E-state index contributed by atoms with van der Waals surface area (Å²) < 4.78 is 7.14. The topological polar surface area (TPSA) is 71.8 Å². The van der Waals surface area contributed by atoms with Crippen molar-refractivity contribution in [1.82, 2.24) is 24.8 Å². The fourth-order valence-electron chi connectivity index (χ4n) is 3.61. The van der Waals surface area contributed by atoms with Crippen LogP contribution in [0.3, 0.4) is 0 Å². The normalized spacial score (nSPS) is 13.3. The van der Waals surface area contributed by atoms with Gasteiger partial charge in [0.2, 0.25) is 4.96 Å². The molecule has 2 aromatic heterocycles. The highest BCUT2D eigenvalue weighted by Crippen LogP contribution is 2.30. The van der Waals surface area contributed by atoms with Crippen LogP contribution in [0, 0.1) is 0 Å². The van der Waals surface area contributed by atoms with Gasteiger partial charge in [-0.05, 0) is 29.8 Å². The number of thiazole rings is 1. The maximum Gasteiger partial charge on any atom is 0.318 e. The zero-order chi connectivity index (χ0) is 20.5. The molecule has 5 rings (SSSR count). The first-order valence-corrected chi connectivity index (χ1v) is 10.6. The van der Waals surface area contributed by atoms with Gasteiger partial charge in [-0.25, -0.2) is 9.31 Å². The van der Waals surface area contributed by atoms with Crippen LogP contribution in [0.15, 0.2) is 54.6 Å². The number of ether oxygens (including phenoxy) is 1. The average Bonchev–Trinajstić information content (AvgIpc) is 3.36. The summed E-state index contributed by atoms with van der Waals surface area (Å²) >= 11 is 1.60. The fourth-order valence-corrected chi connectivity index (χ4v) is 4.73. The average molecular weight is 420 g/mol. The van der Waals surface area contributed by atoms with Crippen molar-refractivity contribution < 1.29 is 9.53 Å². The lowest BCUT2D eigenvalue weighted by Gasteiger charge is -2.26. The van der Waals surface area contributed by atoms with Gasteiger partial charge in [-0.15, -0.1) is 5.10 Å². The third-order valence-corrected chi connectivity index (χ3v) is 6.30. The van der Waals surface area contributed by atoms with Gasteiger partial charge in [-0.1, -0.05) is 41.7 Å². The number of rotatable bonds is 4. The number of amides is 2. The Hall–Kier alpha value is -3.39. The maximum absolute atomic E-state index is 12.6. The lowest BCUT2D eigenvalue weighted by molar-refractivity contribution is 0.192. The summed E-state index contributed by atoms with van der Waals surface area (Å²) in [5, 5.41) is 7.72. The summed E-state index contributed by atoms with van der Waals surface area (Å²) in [6.07, 6.45) is 0.763. The van der Waals surface area contributed by atoms with E-state index in [0.29, 0.717) is 25.5 Å². The van der Waals surface area contributed by atoms with Crippen LogP contribution in [0.1, 0.15) is 16.1 Å². The van der Waals surface area contributed by atoms with Crippen LogP contribution in [0.2, 0.25) is 0 Å². The molecule has 2 aromatic carbocycles. The number of carbonyl (C=O) groups excluding carboxylic acids is 1. The summed E-state index contributed by atoms with van der Waals surface area (Å²) in [5.74, 6) is 1.51. The Labute approximate surface area is 177 Å². The van der Waals surface area contributed by atoms with Gasteiger partial charge in [0.15, 0.2) is 5.82 Å². The fraction of sp³-hybridized carbons (Fsp3) is 0.227. The van der Waals surface area contributed by atoms with Crippen molar-refractivity contribution in [2.45, 2.75) is 19.5 Å². The van der Waals surface area contributed by atoms with Gasteiger partial charge in [0, 0.05) is 30.0 Å². The van der Waals surface area contributed by atoms with E-state index in [1.165, 1.54) is 0 Å². The number of fused-ring (bicyclic) bond motifs is 3. The van der Waals surface area contributed by atoms with Gasteiger partial charge in [0.05, 0.1) is 19.3 Å². The quantitative estimate of drug-likeness (QED) is 0.547. The Bertz CT molecular complexity index is 1180. The number of hydrogen-bond donors (Lipinski definition) is 1. The third kappa shape index (κ3) is 3.50. The largest absolute Gasteiger partial charge is 0.497 e. The molecule has 0 saturated carbocycles. The number of urea groups is 1. The second-order valence-corrected chi connectivity index (χ2v) is 8.21. The Morgan fingerprint density at radius 1 is 1.17 bits per heavy atom. The molecule has 3 heterocycles. The minimum absolute atomic E-state index is 0.0394. The van der Waals surface area contributed by atoms with E-state index in [1.807, 2.05) is 64.0 Å². The van der Waals surface area contributed by atoms with Crippen molar-refractivity contribution in [1.29, 1.82) is 0 Å². The van der Waals surface area contributed by atoms with E-state index < -0.39 is 0 Å². The van der Waals surface area contributed by atoms with Crippen molar-refractivity contribution in [2.24, 2.45) is 0 Å². The Kier molecular flexibility index (Phi) is 4.84. The van der Waals surface area contributed by atoms with Crippen LogP contribution in [-0.4, -0.2) is 39.2 Å². The summed E-state index contributed by atoms with van der Waals surface area (Å²) in [4.78, 5) is 21.2. The predicted octanol–water partition coefficient (Wildman–Crippen LogP) is 3.73. The van der Waals surface area contributed by atoms with E-state index in [4.69, 9.17) is 14.8 Å². The summed E-state index contributed by atoms with van der Waals surface area (Å²) in [5.41, 5.74) is 3.20. The lowest BCUT2D eigenvalue weighted by atomic mass is 10.2. The number of aromatic nitrogens is 3. The maximum atomic E-state index is 12.6. The molecule has 152 valence electrons. The van der Waals surface area contributed by atoms with Gasteiger partial charge in [0.1, 0.15) is 5.75 Å². The number of methoxy groups -OCH3 is 1. The van der Waals surface area contributed by atoms with Gasteiger partial charge < -0.3 is 15.0 Å². The molecule has 1 aliphatic rings. The lowest BCUT2D eigenvalue weighted by Crippen LogP contribution is -2.42. The van der Waals surface area contributed by atoms with E-state index in [0.717, 1.165) is 38.8 Å². The van der Waals surface area contributed by atoms with Crippen LogP contribution in [0.5, 0.6) is 5.75 Å². The number of nitrogens with zero attached hydrogens (tertiary/aromatic N) is 4. The predicted molar refractivity (Wildman–Crippen MR) is 116 cm³/mol.